The summed E-state index contributed by atoms with van der Waals surface area (Å²) < 4.78 is 5.24. The molecular weight excluding hydrogens is 490 g/mol. The lowest BCUT2D eigenvalue weighted by molar-refractivity contribution is -0.139. The molecule has 0 fully saturated rings. The number of hydrogen-bond donors (Lipinski definition) is 0. The van der Waals surface area contributed by atoms with Crippen LogP contribution in [0.2, 0.25) is 0 Å². The second kappa shape index (κ2) is 12.8. The van der Waals surface area contributed by atoms with E-state index in [9.17, 15) is 4.79 Å². The second-order valence-corrected chi connectivity index (χ2v) is 9.85. The summed E-state index contributed by atoms with van der Waals surface area (Å²) in [6.45, 7) is 5.68. The normalized spacial score (nSPS) is 10.6. The van der Waals surface area contributed by atoms with E-state index >= 15 is 0 Å². The molecular formula is C37H33NO2. The molecule has 0 aliphatic heterocycles. The van der Waals surface area contributed by atoms with Gasteiger partial charge in [0.15, 0.2) is 0 Å². The fourth-order valence-electron chi connectivity index (χ4n) is 4.69. The van der Waals surface area contributed by atoms with Gasteiger partial charge in [-0.25, -0.2) is 4.79 Å². The minimum atomic E-state index is -0.331. The summed E-state index contributed by atoms with van der Waals surface area (Å²) in [5.41, 5.74) is 9.66. The van der Waals surface area contributed by atoms with Gasteiger partial charge in [0.25, 0.3) is 0 Å². The molecule has 0 atom stereocenters. The van der Waals surface area contributed by atoms with E-state index in [-0.39, 0.29) is 5.97 Å². The number of esters is 1. The Morgan fingerprint density at radius 1 is 0.600 bits per heavy atom. The van der Waals surface area contributed by atoms with Crippen LogP contribution in [0.15, 0.2) is 146 Å². The molecule has 0 aromatic heterocycles. The SMILES string of the molecule is C=C(C)C(=O)OCCCc1ccc(N(c2ccc(-c3ccccc3)cc2)c2ccc(-c3ccccc3)cc2)cc1. The minimum Gasteiger partial charge on any atom is -0.462 e. The van der Waals surface area contributed by atoms with Crippen molar-refractivity contribution < 1.29 is 9.53 Å². The summed E-state index contributed by atoms with van der Waals surface area (Å²) in [5.74, 6) is -0.331. The molecule has 0 bridgehead atoms. The van der Waals surface area contributed by atoms with Gasteiger partial charge < -0.3 is 9.64 Å². The number of rotatable bonds is 10. The Hall–Kier alpha value is -4.89. The molecule has 3 nitrogen and oxygen atoms in total. The molecule has 0 unspecified atom stereocenters. The summed E-state index contributed by atoms with van der Waals surface area (Å²) in [4.78, 5) is 13.9. The Labute approximate surface area is 237 Å². The van der Waals surface area contributed by atoms with Gasteiger partial charge in [0.1, 0.15) is 0 Å². The third-order valence-electron chi connectivity index (χ3n) is 6.85. The van der Waals surface area contributed by atoms with Crippen molar-refractivity contribution in [1.82, 2.24) is 0 Å². The molecule has 198 valence electrons. The van der Waals surface area contributed by atoms with Gasteiger partial charge in [-0.05, 0) is 84.0 Å². The Morgan fingerprint density at radius 2 is 1.00 bits per heavy atom. The summed E-state index contributed by atoms with van der Waals surface area (Å²) >= 11 is 0. The van der Waals surface area contributed by atoms with Crippen LogP contribution in [-0.4, -0.2) is 12.6 Å². The van der Waals surface area contributed by atoms with Gasteiger partial charge in [-0.2, -0.15) is 0 Å². The molecule has 40 heavy (non-hydrogen) atoms. The summed E-state index contributed by atoms with van der Waals surface area (Å²) in [5, 5.41) is 0. The second-order valence-electron chi connectivity index (χ2n) is 9.85. The van der Waals surface area contributed by atoms with Crippen LogP contribution in [-0.2, 0) is 16.0 Å². The number of nitrogens with zero attached hydrogens (tertiary/aromatic N) is 1. The number of aryl methyl sites for hydroxylation is 1. The first-order chi connectivity index (χ1) is 19.6. The zero-order valence-corrected chi connectivity index (χ0v) is 22.8. The maximum absolute atomic E-state index is 11.6. The summed E-state index contributed by atoms with van der Waals surface area (Å²) in [7, 11) is 0. The summed E-state index contributed by atoms with van der Waals surface area (Å²) in [6.07, 6.45) is 1.60. The standard InChI is InChI=1S/C37H33NO2/c1-28(2)37(39)40-27-9-10-29-15-21-34(22-16-29)38(35-23-17-32(18-24-35)30-11-5-3-6-12-30)36-25-19-33(20-26-36)31-13-7-4-8-14-31/h3-8,11-26H,1,9-10,27H2,2H3. The molecule has 0 saturated carbocycles. The monoisotopic (exact) mass is 523 g/mol. The average molecular weight is 524 g/mol. The molecule has 0 N–H and O–H groups in total. The first-order valence-electron chi connectivity index (χ1n) is 13.6. The Balaban J connectivity index is 1.40. The fourth-order valence-corrected chi connectivity index (χ4v) is 4.69. The molecule has 0 spiro atoms. The lowest BCUT2D eigenvalue weighted by Crippen LogP contribution is -2.10. The summed E-state index contributed by atoms with van der Waals surface area (Å²) in [6, 6.07) is 46.9. The van der Waals surface area contributed by atoms with E-state index < -0.39 is 0 Å². The minimum absolute atomic E-state index is 0.331. The fraction of sp³-hybridized carbons (Fsp3) is 0.108. The molecule has 0 aliphatic carbocycles. The maximum atomic E-state index is 11.6. The van der Waals surface area contributed by atoms with E-state index in [1.54, 1.807) is 6.92 Å². The van der Waals surface area contributed by atoms with E-state index in [0.717, 1.165) is 29.9 Å². The molecule has 0 radical (unpaired) electrons. The average Bonchev–Trinajstić information content (AvgIpc) is 3.01. The van der Waals surface area contributed by atoms with Crippen LogP contribution in [0.3, 0.4) is 0 Å². The van der Waals surface area contributed by atoms with Crippen LogP contribution in [0, 0.1) is 0 Å². The van der Waals surface area contributed by atoms with Gasteiger partial charge in [-0.3, -0.25) is 0 Å². The lowest BCUT2D eigenvalue weighted by Gasteiger charge is -2.26. The van der Waals surface area contributed by atoms with E-state index in [4.69, 9.17) is 4.74 Å². The van der Waals surface area contributed by atoms with Crippen molar-refractivity contribution in [2.24, 2.45) is 0 Å². The van der Waals surface area contributed by atoms with E-state index in [1.807, 2.05) is 12.1 Å². The molecule has 3 heteroatoms. The van der Waals surface area contributed by atoms with Crippen LogP contribution < -0.4 is 4.90 Å². The van der Waals surface area contributed by atoms with Gasteiger partial charge >= 0.3 is 5.97 Å². The number of anilines is 3. The molecule has 0 heterocycles. The van der Waals surface area contributed by atoms with Crippen molar-refractivity contribution in [2.75, 3.05) is 11.5 Å². The van der Waals surface area contributed by atoms with Crippen LogP contribution in [0.4, 0.5) is 17.1 Å². The van der Waals surface area contributed by atoms with Crippen LogP contribution in [0.1, 0.15) is 18.9 Å². The maximum Gasteiger partial charge on any atom is 0.333 e. The molecule has 0 amide bonds. The van der Waals surface area contributed by atoms with E-state index in [1.165, 1.54) is 27.8 Å². The van der Waals surface area contributed by atoms with Crippen LogP contribution in [0.25, 0.3) is 22.3 Å². The van der Waals surface area contributed by atoms with Crippen molar-refractivity contribution >= 4 is 23.0 Å². The highest BCUT2D eigenvalue weighted by atomic mass is 16.5. The quantitative estimate of drug-likeness (QED) is 0.104. The third-order valence-corrected chi connectivity index (χ3v) is 6.85. The van der Waals surface area contributed by atoms with E-state index in [0.29, 0.717) is 12.2 Å². The first-order valence-corrected chi connectivity index (χ1v) is 13.6. The molecule has 0 aliphatic rings. The molecule has 5 rings (SSSR count). The zero-order chi connectivity index (χ0) is 27.7. The Bertz CT molecular complexity index is 1460. The molecule has 0 saturated heterocycles. The highest BCUT2D eigenvalue weighted by Crippen LogP contribution is 2.36. The van der Waals surface area contributed by atoms with Crippen molar-refractivity contribution in [3.05, 3.63) is 151 Å². The van der Waals surface area contributed by atoms with Crippen LogP contribution in [0.5, 0.6) is 0 Å². The van der Waals surface area contributed by atoms with E-state index in [2.05, 4.69) is 133 Å². The number of benzene rings is 5. The number of ether oxygens (including phenoxy) is 1. The van der Waals surface area contributed by atoms with Crippen molar-refractivity contribution in [2.45, 2.75) is 19.8 Å². The number of carbonyl (C=O) groups excluding carboxylic acids is 1. The van der Waals surface area contributed by atoms with Crippen molar-refractivity contribution in [3.8, 4) is 22.3 Å². The lowest BCUT2D eigenvalue weighted by atomic mass is 10.0. The smallest absolute Gasteiger partial charge is 0.333 e. The molecule has 5 aromatic carbocycles. The highest BCUT2D eigenvalue weighted by Gasteiger charge is 2.13. The van der Waals surface area contributed by atoms with Crippen LogP contribution >= 0.6 is 0 Å². The van der Waals surface area contributed by atoms with Gasteiger partial charge in [0.05, 0.1) is 6.61 Å². The predicted molar refractivity (Wildman–Crippen MR) is 166 cm³/mol. The van der Waals surface area contributed by atoms with Gasteiger partial charge in [-0.15, -0.1) is 0 Å². The third kappa shape index (κ3) is 6.57. The zero-order valence-electron chi connectivity index (χ0n) is 22.8. The Morgan fingerprint density at radius 3 is 1.43 bits per heavy atom. The first kappa shape index (κ1) is 26.7. The molecule has 5 aromatic rings. The largest absolute Gasteiger partial charge is 0.462 e. The van der Waals surface area contributed by atoms with Crippen molar-refractivity contribution in [1.29, 1.82) is 0 Å². The number of hydrogen-bond acceptors (Lipinski definition) is 3. The Kier molecular flexibility index (Phi) is 8.53. The van der Waals surface area contributed by atoms with Gasteiger partial charge in [0, 0.05) is 22.6 Å². The topological polar surface area (TPSA) is 29.5 Å². The number of carbonyl (C=O) groups is 1. The van der Waals surface area contributed by atoms with Gasteiger partial charge in [0.2, 0.25) is 0 Å². The highest BCUT2D eigenvalue weighted by molar-refractivity contribution is 5.87. The predicted octanol–water partition coefficient (Wildman–Crippen LogP) is 9.54. The van der Waals surface area contributed by atoms with Gasteiger partial charge in [-0.1, -0.05) is 104 Å². The van der Waals surface area contributed by atoms with Crippen molar-refractivity contribution in [3.63, 3.8) is 0 Å².